The fraction of sp³-hybridized carbons (Fsp3) is 0.500. The number of thiophene rings is 1. The van der Waals surface area contributed by atoms with Gasteiger partial charge in [-0.25, -0.2) is 0 Å². The lowest BCUT2D eigenvalue weighted by Crippen LogP contribution is -2.02. The topological polar surface area (TPSA) is 12.0 Å². The summed E-state index contributed by atoms with van der Waals surface area (Å²) in [6.45, 7) is 0.998. The van der Waals surface area contributed by atoms with E-state index in [1.165, 1.54) is 36.1 Å². The molecule has 14 heavy (non-hydrogen) atoms. The molecule has 1 aromatic heterocycles. The highest BCUT2D eigenvalue weighted by Gasteiger charge is 2.07. The van der Waals surface area contributed by atoms with E-state index < -0.39 is 0 Å². The molecule has 0 atom stereocenters. The number of hydrogen-bond donors (Lipinski definition) is 1. The summed E-state index contributed by atoms with van der Waals surface area (Å²) in [7, 11) is 2.00. The van der Waals surface area contributed by atoms with Crippen LogP contribution in [0.1, 0.15) is 36.1 Å². The summed E-state index contributed by atoms with van der Waals surface area (Å²) in [6, 6.07) is 2.33. The first-order valence-corrected chi connectivity index (χ1v) is 6.19. The molecular formula is C12H17NS. The Morgan fingerprint density at radius 2 is 2.36 bits per heavy atom. The molecule has 0 fully saturated rings. The average molecular weight is 207 g/mol. The Hall–Kier alpha value is -0.600. The van der Waals surface area contributed by atoms with Crippen molar-refractivity contribution < 1.29 is 0 Å². The number of rotatable bonds is 3. The van der Waals surface area contributed by atoms with E-state index >= 15 is 0 Å². The van der Waals surface area contributed by atoms with Crippen molar-refractivity contribution in [3.05, 3.63) is 28.0 Å². The Kier molecular flexibility index (Phi) is 3.38. The first-order chi connectivity index (χ1) is 6.90. The highest BCUT2D eigenvalue weighted by molar-refractivity contribution is 7.10. The third-order valence-electron chi connectivity index (χ3n) is 2.67. The van der Waals surface area contributed by atoms with Crippen molar-refractivity contribution in [3.8, 4) is 0 Å². The van der Waals surface area contributed by atoms with Crippen LogP contribution in [0.3, 0.4) is 0 Å². The smallest absolute Gasteiger partial charge is 0.0296 e. The molecular weight excluding hydrogens is 190 g/mol. The molecule has 0 aliphatic heterocycles. The lowest BCUT2D eigenvalue weighted by atomic mass is 9.95. The van der Waals surface area contributed by atoms with E-state index in [4.69, 9.17) is 0 Å². The summed E-state index contributed by atoms with van der Waals surface area (Å²) in [5.41, 5.74) is 3.02. The van der Waals surface area contributed by atoms with Gasteiger partial charge in [-0.3, -0.25) is 0 Å². The summed E-state index contributed by atoms with van der Waals surface area (Å²) in [4.78, 5) is 1.44. The van der Waals surface area contributed by atoms with Crippen molar-refractivity contribution in [3.63, 3.8) is 0 Å². The van der Waals surface area contributed by atoms with Gasteiger partial charge >= 0.3 is 0 Å². The molecule has 0 radical (unpaired) electrons. The highest BCUT2D eigenvalue weighted by atomic mass is 32.1. The molecule has 1 aliphatic rings. The number of nitrogens with one attached hydrogen (secondary N) is 1. The normalized spacial score (nSPS) is 16.8. The van der Waals surface area contributed by atoms with Crippen molar-refractivity contribution in [2.45, 2.75) is 32.2 Å². The molecule has 1 N–H and O–H groups in total. The Morgan fingerprint density at radius 3 is 3.07 bits per heavy atom. The molecule has 1 heterocycles. The van der Waals surface area contributed by atoms with E-state index in [-0.39, 0.29) is 0 Å². The largest absolute Gasteiger partial charge is 0.315 e. The van der Waals surface area contributed by atoms with Gasteiger partial charge < -0.3 is 5.32 Å². The molecule has 1 nitrogen and oxygen atoms in total. The van der Waals surface area contributed by atoms with E-state index in [1.54, 1.807) is 5.57 Å². The Balaban J connectivity index is 2.11. The molecule has 0 saturated carbocycles. The van der Waals surface area contributed by atoms with E-state index in [9.17, 15) is 0 Å². The molecule has 1 aliphatic carbocycles. The molecule has 2 rings (SSSR count). The predicted molar refractivity (Wildman–Crippen MR) is 63.5 cm³/mol. The Bertz CT molecular complexity index is 325. The maximum absolute atomic E-state index is 3.19. The molecule has 0 amide bonds. The van der Waals surface area contributed by atoms with Crippen LogP contribution in [0.5, 0.6) is 0 Å². The van der Waals surface area contributed by atoms with Crippen LogP contribution in [-0.2, 0) is 6.54 Å². The van der Waals surface area contributed by atoms with Gasteiger partial charge in [-0.2, -0.15) is 0 Å². The van der Waals surface area contributed by atoms with Crippen LogP contribution in [0.4, 0.5) is 0 Å². The third kappa shape index (κ3) is 2.25. The quantitative estimate of drug-likeness (QED) is 0.800. The van der Waals surface area contributed by atoms with Gasteiger partial charge in [0, 0.05) is 11.4 Å². The van der Waals surface area contributed by atoms with Crippen LogP contribution >= 0.6 is 11.3 Å². The molecule has 0 saturated heterocycles. The average Bonchev–Trinajstić information content (AvgIpc) is 2.68. The maximum Gasteiger partial charge on any atom is 0.0296 e. The molecule has 0 bridgehead atoms. The van der Waals surface area contributed by atoms with Crippen molar-refractivity contribution in [2.75, 3.05) is 7.05 Å². The van der Waals surface area contributed by atoms with Gasteiger partial charge in [0.2, 0.25) is 0 Å². The van der Waals surface area contributed by atoms with E-state index in [0.29, 0.717) is 0 Å². The third-order valence-corrected chi connectivity index (χ3v) is 3.60. The van der Waals surface area contributed by atoms with Crippen molar-refractivity contribution in [1.82, 2.24) is 5.32 Å². The van der Waals surface area contributed by atoms with Crippen LogP contribution in [0.15, 0.2) is 17.5 Å². The second kappa shape index (κ2) is 4.76. The van der Waals surface area contributed by atoms with E-state index in [1.807, 2.05) is 18.4 Å². The molecule has 2 heteroatoms. The van der Waals surface area contributed by atoms with E-state index in [0.717, 1.165) is 6.54 Å². The van der Waals surface area contributed by atoms with Crippen LogP contribution in [0, 0.1) is 0 Å². The van der Waals surface area contributed by atoms with Gasteiger partial charge in [-0.15, -0.1) is 11.3 Å². The lowest BCUT2D eigenvalue weighted by Gasteiger charge is -2.10. The zero-order valence-electron chi connectivity index (χ0n) is 8.68. The molecule has 76 valence electrons. The fourth-order valence-electron chi connectivity index (χ4n) is 1.92. The van der Waals surface area contributed by atoms with Gasteiger partial charge in [0.25, 0.3) is 0 Å². The van der Waals surface area contributed by atoms with Gasteiger partial charge in [-0.1, -0.05) is 6.08 Å². The number of hydrogen-bond acceptors (Lipinski definition) is 2. The van der Waals surface area contributed by atoms with Crippen molar-refractivity contribution >= 4 is 16.9 Å². The summed E-state index contributed by atoms with van der Waals surface area (Å²) < 4.78 is 0. The van der Waals surface area contributed by atoms with Gasteiger partial charge in [0.05, 0.1) is 0 Å². The summed E-state index contributed by atoms with van der Waals surface area (Å²) >= 11 is 1.86. The first-order valence-electron chi connectivity index (χ1n) is 5.31. The molecule has 0 spiro atoms. The van der Waals surface area contributed by atoms with E-state index in [2.05, 4.69) is 22.8 Å². The van der Waals surface area contributed by atoms with Crippen LogP contribution in [0.2, 0.25) is 0 Å². The van der Waals surface area contributed by atoms with Crippen molar-refractivity contribution in [1.29, 1.82) is 0 Å². The molecule has 0 unspecified atom stereocenters. The van der Waals surface area contributed by atoms with Gasteiger partial charge in [-0.05, 0) is 55.3 Å². The molecule has 1 aromatic rings. The first kappa shape index (κ1) is 9.94. The monoisotopic (exact) mass is 207 g/mol. The van der Waals surface area contributed by atoms with Crippen LogP contribution in [-0.4, -0.2) is 7.05 Å². The summed E-state index contributed by atoms with van der Waals surface area (Å²) in [5, 5.41) is 5.49. The number of allylic oxidation sites excluding steroid dienone is 2. The fourth-order valence-corrected chi connectivity index (χ4v) is 2.84. The second-order valence-corrected chi connectivity index (χ2v) is 4.80. The zero-order chi connectivity index (χ0) is 9.80. The summed E-state index contributed by atoms with van der Waals surface area (Å²) in [6.07, 6.45) is 7.69. The minimum Gasteiger partial charge on any atom is -0.315 e. The minimum atomic E-state index is 0.998. The van der Waals surface area contributed by atoms with Crippen LogP contribution in [0.25, 0.3) is 5.57 Å². The Labute approximate surface area is 89.8 Å². The van der Waals surface area contributed by atoms with Crippen LogP contribution < -0.4 is 5.32 Å². The maximum atomic E-state index is 3.19. The standard InChI is InChI=1S/C12H17NS/c1-13-8-12-7-11(9-14-12)10-5-3-2-4-6-10/h5,7,9,13H,2-4,6,8H2,1H3. The minimum absolute atomic E-state index is 0.998. The van der Waals surface area contributed by atoms with Crippen molar-refractivity contribution in [2.24, 2.45) is 0 Å². The lowest BCUT2D eigenvalue weighted by molar-refractivity contribution is 0.742. The zero-order valence-corrected chi connectivity index (χ0v) is 9.49. The molecule has 0 aromatic carbocycles. The Morgan fingerprint density at radius 1 is 1.43 bits per heavy atom. The summed E-state index contributed by atoms with van der Waals surface area (Å²) in [5.74, 6) is 0. The SMILES string of the molecule is CNCc1cc(C2=CCCCC2)cs1. The highest BCUT2D eigenvalue weighted by Crippen LogP contribution is 2.29. The van der Waals surface area contributed by atoms with Gasteiger partial charge in [0.15, 0.2) is 0 Å². The predicted octanol–water partition coefficient (Wildman–Crippen LogP) is 3.42. The second-order valence-electron chi connectivity index (χ2n) is 3.81. The van der Waals surface area contributed by atoms with Gasteiger partial charge in [0.1, 0.15) is 0 Å².